The number of hydrogen-bond acceptors (Lipinski definition) is 6. The Balaban J connectivity index is 2.46. The van der Waals surface area contributed by atoms with E-state index in [4.69, 9.17) is 4.74 Å². The summed E-state index contributed by atoms with van der Waals surface area (Å²) in [4.78, 5) is 22.9. The molecule has 0 aliphatic heterocycles. The summed E-state index contributed by atoms with van der Waals surface area (Å²) in [5.74, 6) is -0.498. The van der Waals surface area contributed by atoms with Gasteiger partial charge in [0, 0.05) is 11.8 Å². The Kier molecular flexibility index (Phi) is 4.75. The van der Waals surface area contributed by atoms with Gasteiger partial charge in [-0.1, -0.05) is 6.07 Å². The first-order valence-corrected chi connectivity index (χ1v) is 6.89. The summed E-state index contributed by atoms with van der Waals surface area (Å²) < 4.78 is 6.05. The van der Waals surface area contributed by atoms with Crippen LogP contribution in [0.3, 0.4) is 0 Å². The molecule has 0 aliphatic carbocycles. The molecule has 0 fully saturated rings. The van der Waals surface area contributed by atoms with Gasteiger partial charge >= 0.3 is 5.69 Å². The molecule has 0 N–H and O–H groups in total. The molecule has 8 heteroatoms. The number of allylic oxidation sites excluding steroid dienone is 1. The van der Waals surface area contributed by atoms with Crippen LogP contribution in [0.15, 0.2) is 29.8 Å². The monoisotopic (exact) mass is 326 g/mol. The molecule has 0 unspecified atom stereocenters. The SMILES string of the molecule is COc1ccc(/C=C(\C#N)C(=O)n2nc(C)cc2C)cc1[N+](=O)[O-]. The smallest absolute Gasteiger partial charge is 0.311 e. The predicted molar refractivity (Wildman–Crippen MR) is 85.6 cm³/mol. The molecule has 0 bridgehead atoms. The fourth-order valence-corrected chi connectivity index (χ4v) is 2.20. The van der Waals surface area contributed by atoms with Crippen molar-refractivity contribution in [1.82, 2.24) is 9.78 Å². The van der Waals surface area contributed by atoms with Crippen LogP contribution >= 0.6 is 0 Å². The molecule has 1 aromatic carbocycles. The average molecular weight is 326 g/mol. The molecule has 0 spiro atoms. The largest absolute Gasteiger partial charge is 0.490 e. The number of rotatable bonds is 4. The highest BCUT2D eigenvalue weighted by atomic mass is 16.6. The molecule has 0 aliphatic rings. The second-order valence-electron chi connectivity index (χ2n) is 5.00. The highest BCUT2D eigenvalue weighted by molar-refractivity contribution is 6.03. The number of nitrogens with zero attached hydrogens (tertiary/aromatic N) is 4. The molecule has 1 heterocycles. The fraction of sp³-hybridized carbons (Fsp3) is 0.188. The van der Waals surface area contributed by atoms with Crippen molar-refractivity contribution in [2.45, 2.75) is 13.8 Å². The van der Waals surface area contributed by atoms with Crippen molar-refractivity contribution in [1.29, 1.82) is 5.26 Å². The molecule has 0 saturated carbocycles. The minimum absolute atomic E-state index is 0.0977. The van der Waals surface area contributed by atoms with Crippen LogP contribution in [0, 0.1) is 35.3 Å². The fourth-order valence-electron chi connectivity index (χ4n) is 2.20. The maximum atomic E-state index is 12.4. The van der Waals surface area contributed by atoms with E-state index in [0.717, 1.165) is 4.68 Å². The predicted octanol–water partition coefficient (Wildman–Crippen LogP) is 2.66. The van der Waals surface area contributed by atoms with Gasteiger partial charge in [-0.3, -0.25) is 14.9 Å². The van der Waals surface area contributed by atoms with E-state index in [1.165, 1.54) is 31.4 Å². The Morgan fingerprint density at radius 3 is 2.62 bits per heavy atom. The van der Waals surface area contributed by atoms with Crippen molar-refractivity contribution >= 4 is 17.7 Å². The number of carbonyl (C=O) groups excluding carboxylic acids is 1. The van der Waals surface area contributed by atoms with Gasteiger partial charge in [-0.15, -0.1) is 0 Å². The van der Waals surface area contributed by atoms with Crippen molar-refractivity contribution in [2.24, 2.45) is 0 Å². The van der Waals surface area contributed by atoms with E-state index in [-0.39, 0.29) is 17.0 Å². The summed E-state index contributed by atoms with van der Waals surface area (Å²) in [5.41, 5.74) is 1.16. The van der Waals surface area contributed by atoms with E-state index < -0.39 is 10.8 Å². The summed E-state index contributed by atoms with van der Waals surface area (Å²) in [6, 6.07) is 7.70. The molecule has 24 heavy (non-hydrogen) atoms. The number of benzene rings is 1. The third-order valence-electron chi connectivity index (χ3n) is 3.26. The van der Waals surface area contributed by atoms with Crippen molar-refractivity contribution in [3.63, 3.8) is 0 Å². The van der Waals surface area contributed by atoms with Crippen molar-refractivity contribution < 1.29 is 14.5 Å². The van der Waals surface area contributed by atoms with Gasteiger partial charge in [0.25, 0.3) is 5.91 Å². The van der Waals surface area contributed by atoms with Crippen LogP contribution in [0.25, 0.3) is 6.08 Å². The second-order valence-corrected chi connectivity index (χ2v) is 5.00. The summed E-state index contributed by atoms with van der Waals surface area (Å²) in [5, 5.41) is 24.3. The average Bonchev–Trinajstić information content (AvgIpc) is 2.90. The first kappa shape index (κ1) is 16.9. The van der Waals surface area contributed by atoms with Crippen LogP contribution in [-0.2, 0) is 0 Å². The first-order valence-electron chi connectivity index (χ1n) is 6.89. The molecule has 2 rings (SSSR count). The summed E-state index contributed by atoms with van der Waals surface area (Å²) in [6.45, 7) is 3.44. The topological polar surface area (TPSA) is 111 Å². The van der Waals surface area contributed by atoms with Crippen LogP contribution in [0.2, 0.25) is 0 Å². The lowest BCUT2D eigenvalue weighted by atomic mass is 10.1. The van der Waals surface area contributed by atoms with E-state index in [1.807, 2.05) is 6.07 Å². The molecule has 0 saturated heterocycles. The third-order valence-corrected chi connectivity index (χ3v) is 3.26. The van der Waals surface area contributed by atoms with E-state index in [9.17, 15) is 20.2 Å². The minimum Gasteiger partial charge on any atom is -0.490 e. The lowest BCUT2D eigenvalue weighted by molar-refractivity contribution is -0.385. The van der Waals surface area contributed by atoms with Gasteiger partial charge in [0.2, 0.25) is 0 Å². The van der Waals surface area contributed by atoms with Crippen LogP contribution in [0.1, 0.15) is 21.7 Å². The van der Waals surface area contributed by atoms with E-state index in [0.29, 0.717) is 17.0 Å². The molecule has 0 atom stereocenters. The number of hydrogen-bond donors (Lipinski definition) is 0. The quantitative estimate of drug-likeness (QED) is 0.369. The van der Waals surface area contributed by atoms with Gasteiger partial charge in [0.05, 0.1) is 17.7 Å². The molecule has 0 amide bonds. The molecule has 2 aromatic rings. The lowest BCUT2D eigenvalue weighted by Crippen LogP contribution is -2.15. The number of aryl methyl sites for hydroxylation is 2. The molecule has 1 aromatic heterocycles. The molecule has 8 nitrogen and oxygen atoms in total. The number of nitriles is 1. The zero-order valence-electron chi connectivity index (χ0n) is 13.3. The Bertz CT molecular complexity index is 890. The number of nitro groups is 1. The van der Waals surface area contributed by atoms with Gasteiger partial charge < -0.3 is 4.74 Å². The Labute approximate surface area is 137 Å². The van der Waals surface area contributed by atoms with Crippen molar-refractivity contribution in [3.05, 3.63) is 56.9 Å². The van der Waals surface area contributed by atoms with Crippen molar-refractivity contribution in [2.75, 3.05) is 7.11 Å². The molecular weight excluding hydrogens is 312 g/mol. The van der Waals surface area contributed by atoms with E-state index in [2.05, 4.69) is 5.10 Å². The third kappa shape index (κ3) is 3.30. The highest BCUT2D eigenvalue weighted by Crippen LogP contribution is 2.28. The summed E-state index contributed by atoms with van der Waals surface area (Å²) in [7, 11) is 1.32. The van der Waals surface area contributed by atoms with Gasteiger partial charge in [-0.25, -0.2) is 4.68 Å². The zero-order valence-corrected chi connectivity index (χ0v) is 13.3. The van der Waals surface area contributed by atoms with Crippen LogP contribution in [0.4, 0.5) is 5.69 Å². The number of carbonyl (C=O) groups is 1. The molecule has 122 valence electrons. The standard InChI is InChI=1S/C16H14N4O4/c1-10-6-11(2)19(18-10)16(21)13(9-17)7-12-4-5-15(24-3)14(8-12)20(22)23/h4-8H,1-3H3/b13-7+. The maximum Gasteiger partial charge on any atom is 0.311 e. The van der Waals surface area contributed by atoms with Gasteiger partial charge in [-0.05, 0) is 37.6 Å². The number of nitro benzene ring substituents is 1. The number of aromatic nitrogens is 2. The van der Waals surface area contributed by atoms with Gasteiger partial charge in [0.1, 0.15) is 11.6 Å². The maximum absolute atomic E-state index is 12.4. The van der Waals surface area contributed by atoms with Gasteiger partial charge in [0.15, 0.2) is 5.75 Å². The Morgan fingerprint density at radius 2 is 2.12 bits per heavy atom. The summed E-state index contributed by atoms with van der Waals surface area (Å²) >= 11 is 0. The van der Waals surface area contributed by atoms with Gasteiger partial charge in [-0.2, -0.15) is 10.4 Å². The second kappa shape index (κ2) is 6.75. The highest BCUT2D eigenvalue weighted by Gasteiger charge is 2.18. The lowest BCUT2D eigenvalue weighted by Gasteiger charge is -2.04. The first-order chi connectivity index (χ1) is 11.4. The molecular formula is C16H14N4O4. The van der Waals surface area contributed by atoms with Crippen molar-refractivity contribution in [3.8, 4) is 11.8 Å². The number of ether oxygens (including phenoxy) is 1. The normalized spacial score (nSPS) is 11.0. The van der Waals surface area contributed by atoms with Crippen LogP contribution < -0.4 is 4.74 Å². The molecule has 0 radical (unpaired) electrons. The Hall–Kier alpha value is -3.47. The van der Waals surface area contributed by atoms with E-state index >= 15 is 0 Å². The summed E-state index contributed by atoms with van der Waals surface area (Å²) in [6.07, 6.45) is 1.28. The van der Waals surface area contributed by atoms with E-state index in [1.54, 1.807) is 19.9 Å². The Morgan fingerprint density at radius 1 is 1.42 bits per heavy atom. The van der Waals surface area contributed by atoms with Crippen LogP contribution in [-0.4, -0.2) is 27.7 Å². The number of methoxy groups -OCH3 is 1. The van der Waals surface area contributed by atoms with Crippen LogP contribution in [0.5, 0.6) is 5.75 Å². The minimum atomic E-state index is -0.596. The zero-order chi connectivity index (χ0) is 17.9.